The molecular weight excluding hydrogens is 234 g/mol. The number of carboxylic acids is 1. The molecule has 0 aliphatic rings. The Kier molecular flexibility index (Phi) is 3.64. The summed E-state index contributed by atoms with van der Waals surface area (Å²) >= 11 is 3.27. The van der Waals surface area contributed by atoms with Crippen LogP contribution in [-0.4, -0.2) is 16.1 Å². The fourth-order valence-electron chi connectivity index (χ4n) is 0.815. The third kappa shape index (κ3) is 3.85. The molecule has 0 aliphatic carbocycles. The summed E-state index contributed by atoms with van der Waals surface area (Å²) in [6, 6.07) is 1.87. The highest BCUT2D eigenvalue weighted by Gasteiger charge is 1.91. The summed E-state index contributed by atoms with van der Waals surface area (Å²) in [5, 5.41) is 8.37. The quantitative estimate of drug-likeness (QED) is 0.884. The third-order valence-corrected chi connectivity index (χ3v) is 1.76. The van der Waals surface area contributed by atoms with Gasteiger partial charge in [0.05, 0.1) is 6.42 Å². The van der Waals surface area contributed by atoms with Crippen molar-refractivity contribution < 1.29 is 9.90 Å². The molecule has 0 aliphatic heterocycles. The number of aliphatic carboxylic acids is 1. The summed E-state index contributed by atoms with van der Waals surface area (Å²) in [6.45, 7) is 0. The first-order valence-corrected chi connectivity index (χ1v) is 4.46. The van der Waals surface area contributed by atoms with Gasteiger partial charge in [0.2, 0.25) is 0 Å². The summed E-state index contributed by atoms with van der Waals surface area (Å²) < 4.78 is 0.880. The van der Waals surface area contributed by atoms with E-state index in [0.717, 1.165) is 10.0 Å². The molecule has 0 aromatic carbocycles. The predicted octanol–water partition coefficient (Wildman–Crippen LogP) is 2.33. The number of hydrogen-bond acceptors (Lipinski definition) is 2. The van der Waals surface area contributed by atoms with Gasteiger partial charge in [0.25, 0.3) is 0 Å². The summed E-state index contributed by atoms with van der Waals surface area (Å²) in [6.07, 6.45) is 6.70. The van der Waals surface area contributed by atoms with E-state index in [1.54, 1.807) is 24.5 Å². The summed E-state index contributed by atoms with van der Waals surface area (Å²) in [5.74, 6) is -0.834. The summed E-state index contributed by atoms with van der Waals surface area (Å²) in [4.78, 5) is 14.1. The van der Waals surface area contributed by atoms with Gasteiger partial charge in [-0.25, -0.2) is 0 Å². The second-order valence-corrected chi connectivity index (χ2v) is 3.35. The number of hydrogen-bond donors (Lipinski definition) is 1. The van der Waals surface area contributed by atoms with E-state index >= 15 is 0 Å². The van der Waals surface area contributed by atoms with Crippen molar-refractivity contribution in [3.8, 4) is 0 Å². The Morgan fingerprint density at radius 2 is 2.38 bits per heavy atom. The normalized spacial score (nSPS) is 10.5. The van der Waals surface area contributed by atoms with Gasteiger partial charge in [0, 0.05) is 16.9 Å². The number of carboxylic acid groups (broad SMARTS) is 1. The van der Waals surface area contributed by atoms with E-state index < -0.39 is 5.97 Å². The minimum Gasteiger partial charge on any atom is -0.481 e. The van der Waals surface area contributed by atoms with E-state index in [1.807, 2.05) is 6.07 Å². The van der Waals surface area contributed by atoms with Gasteiger partial charge in [-0.2, -0.15) is 0 Å². The Labute approximate surface area is 84.2 Å². The topological polar surface area (TPSA) is 50.2 Å². The second-order valence-electron chi connectivity index (χ2n) is 2.44. The Hall–Kier alpha value is -1.16. The minimum absolute atomic E-state index is 0.0342. The molecule has 3 nitrogen and oxygen atoms in total. The summed E-state index contributed by atoms with van der Waals surface area (Å²) in [7, 11) is 0. The van der Waals surface area contributed by atoms with E-state index in [0.29, 0.717) is 0 Å². The van der Waals surface area contributed by atoms with E-state index in [2.05, 4.69) is 20.9 Å². The number of halogens is 1. The number of aromatic nitrogens is 1. The zero-order valence-electron chi connectivity index (χ0n) is 6.77. The van der Waals surface area contributed by atoms with Crippen molar-refractivity contribution in [1.82, 2.24) is 4.98 Å². The monoisotopic (exact) mass is 241 g/mol. The van der Waals surface area contributed by atoms with Crippen LogP contribution >= 0.6 is 15.9 Å². The van der Waals surface area contributed by atoms with Crippen molar-refractivity contribution in [2.75, 3.05) is 0 Å². The second kappa shape index (κ2) is 4.77. The van der Waals surface area contributed by atoms with Crippen LogP contribution in [0, 0.1) is 0 Å². The maximum absolute atomic E-state index is 10.2. The molecule has 0 unspecified atom stereocenters. The van der Waals surface area contributed by atoms with Gasteiger partial charge in [-0.05, 0) is 27.6 Å². The van der Waals surface area contributed by atoms with Crippen LogP contribution in [0.15, 0.2) is 29.0 Å². The molecule has 13 heavy (non-hydrogen) atoms. The molecule has 0 saturated carbocycles. The zero-order chi connectivity index (χ0) is 9.68. The van der Waals surface area contributed by atoms with Gasteiger partial charge in [-0.1, -0.05) is 12.2 Å². The third-order valence-electron chi connectivity index (χ3n) is 1.33. The lowest BCUT2D eigenvalue weighted by Crippen LogP contribution is -1.89. The highest BCUT2D eigenvalue weighted by atomic mass is 79.9. The average molecular weight is 242 g/mol. The molecule has 0 atom stereocenters. The maximum atomic E-state index is 10.2. The number of rotatable bonds is 3. The van der Waals surface area contributed by atoms with Gasteiger partial charge in [0.15, 0.2) is 0 Å². The largest absolute Gasteiger partial charge is 0.481 e. The van der Waals surface area contributed by atoms with Gasteiger partial charge < -0.3 is 5.11 Å². The molecule has 1 N–H and O–H groups in total. The van der Waals surface area contributed by atoms with Gasteiger partial charge in [-0.15, -0.1) is 0 Å². The molecule has 1 aromatic heterocycles. The maximum Gasteiger partial charge on any atom is 0.307 e. The highest BCUT2D eigenvalue weighted by molar-refractivity contribution is 9.10. The first-order chi connectivity index (χ1) is 6.18. The van der Waals surface area contributed by atoms with Crippen molar-refractivity contribution in [2.24, 2.45) is 0 Å². The molecule has 4 heteroatoms. The van der Waals surface area contributed by atoms with Crippen LogP contribution in [0.4, 0.5) is 0 Å². The Balaban J connectivity index is 2.63. The fraction of sp³-hybridized carbons (Fsp3) is 0.111. The van der Waals surface area contributed by atoms with Crippen molar-refractivity contribution in [3.63, 3.8) is 0 Å². The first kappa shape index (κ1) is 9.92. The average Bonchev–Trinajstić information content (AvgIpc) is 2.03. The standard InChI is InChI=1S/C9H8BrNO2/c10-8-4-7(5-11-6-8)2-1-3-9(12)13/h1-2,4-6H,3H2,(H,12,13). The predicted molar refractivity (Wildman–Crippen MR) is 53.2 cm³/mol. The van der Waals surface area contributed by atoms with Crippen LogP contribution in [0.1, 0.15) is 12.0 Å². The molecule has 1 aromatic rings. The zero-order valence-corrected chi connectivity index (χ0v) is 8.36. The van der Waals surface area contributed by atoms with E-state index in [4.69, 9.17) is 5.11 Å². The van der Waals surface area contributed by atoms with Crippen molar-refractivity contribution in [3.05, 3.63) is 34.6 Å². The van der Waals surface area contributed by atoms with Gasteiger partial charge in [-0.3, -0.25) is 9.78 Å². The molecule has 0 spiro atoms. The van der Waals surface area contributed by atoms with Crippen LogP contribution in [0.5, 0.6) is 0 Å². The fourth-order valence-corrected chi connectivity index (χ4v) is 1.20. The Bertz CT molecular complexity index is 336. The molecule has 68 valence electrons. The Morgan fingerprint density at radius 3 is 3.00 bits per heavy atom. The molecule has 0 amide bonds. The molecule has 1 rings (SSSR count). The molecule has 0 radical (unpaired) electrons. The SMILES string of the molecule is O=C(O)CC=Cc1cncc(Br)c1. The van der Waals surface area contributed by atoms with Crippen LogP contribution in [0.3, 0.4) is 0 Å². The molecule has 0 bridgehead atoms. The highest BCUT2D eigenvalue weighted by Crippen LogP contribution is 2.10. The van der Waals surface area contributed by atoms with E-state index in [-0.39, 0.29) is 6.42 Å². The van der Waals surface area contributed by atoms with Crippen LogP contribution in [-0.2, 0) is 4.79 Å². The van der Waals surface area contributed by atoms with E-state index in [1.165, 1.54) is 0 Å². The molecule has 0 saturated heterocycles. The number of nitrogens with zero attached hydrogens (tertiary/aromatic N) is 1. The summed E-state index contributed by atoms with van der Waals surface area (Å²) in [5.41, 5.74) is 0.885. The first-order valence-electron chi connectivity index (χ1n) is 3.67. The van der Waals surface area contributed by atoms with E-state index in [9.17, 15) is 4.79 Å². The van der Waals surface area contributed by atoms with Crippen molar-refractivity contribution in [1.29, 1.82) is 0 Å². The van der Waals surface area contributed by atoms with Crippen molar-refractivity contribution in [2.45, 2.75) is 6.42 Å². The van der Waals surface area contributed by atoms with Crippen LogP contribution in [0.2, 0.25) is 0 Å². The van der Waals surface area contributed by atoms with Crippen molar-refractivity contribution >= 4 is 28.0 Å². The van der Waals surface area contributed by atoms with Crippen LogP contribution < -0.4 is 0 Å². The van der Waals surface area contributed by atoms with Gasteiger partial charge in [0.1, 0.15) is 0 Å². The molecule has 1 heterocycles. The van der Waals surface area contributed by atoms with Crippen LogP contribution in [0.25, 0.3) is 6.08 Å². The number of pyridine rings is 1. The number of carbonyl (C=O) groups is 1. The molecule has 0 fully saturated rings. The lowest BCUT2D eigenvalue weighted by atomic mass is 10.2. The molecular formula is C9H8BrNO2. The Morgan fingerprint density at radius 1 is 1.62 bits per heavy atom. The lowest BCUT2D eigenvalue weighted by molar-refractivity contribution is -0.135. The minimum atomic E-state index is -0.834. The smallest absolute Gasteiger partial charge is 0.307 e. The lowest BCUT2D eigenvalue weighted by Gasteiger charge is -1.92. The van der Waals surface area contributed by atoms with Gasteiger partial charge >= 0.3 is 5.97 Å².